The second kappa shape index (κ2) is 7.76. The van der Waals surface area contributed by atoms with Crippen LogP contribution in [0.2, 0.25) is 0 Å². The summed E-state index contributed by atoms with van der Waals surface area (Å²) >= 11 is 0. The molecule has 8 heteroatoms. The van der Waals surface area contributed by atoms with E-state index in [9.17, 15) is 13.2 Å². The predicted octanol–water partition coefficient (Wildman–Crippen LogP) is 1.07. The standard InChI is InChI=1S/C15H22N2O5S/c1-21-13-7-5-12(6-8-13)16-15(18)11-17(23(2,19)20)10-14-4-3-9-22-14/h5-8,14H,3-4,9-11H2,1-2H3,(H,16,18). The van der Waals surface area contributed by atoms with Crippen molar-refractivity contribution in [1.82, 2.24) is 4.31 Å². The molecule has 1 aliphatic rings. The first kappa shape index (κ1) is 17.7. The van der Waals surface area contributed by atoms with Crippen molar-refractivity contribution in [3.63, 3.8) is 0 Å². The van der Waals surface area contributed by atoms with Gasteiger partial charge in [0.1, 0.15) is 5.75 Å². The van der Waals surface area contributed by atoms with E-state index in [1.54, 1.807) is 31.4 Å². The van der Waals surface area contributed by atoms with Gasteiger partial charge in [-0.1, -0.05) is 0 Å². The van der Waals surface area contributed by atoms with E-state index in [0.29, 0.717) is 18.0 Å². The van der Waals surface area contributed by atoms with Gasteiger partial charge in [-0.25, -0.2) is 8.42 Å². The Morgan fingerprint density at radius 3 is 2.61 bits per heavy atom. The van der Waals surface area contributed by atoms with Crippen LogP contribution < -0.4 is 10.1 Å². The Hall–Kier alpha value is -1.64. The summed E-state index contributed by atoms with van der Waals surface area (Å²) in [5.41, 5.74) is 0.585. The fourth-order valence-electron chi connectivity index (χ4n) is 2.37. The molecule has 1 heterocycles. The summed E-state index contributed by atoms with van der Waals surface area (Å²) in [5.74, 6) is 0.290. The third-order valence-corrected chi connectivity index (χ3v) is 4.81. The Morgan fingerprint density at radius 2 is 2.09 bits per heavy atom. The van der Waals surface area contributed by atoms with E-state index in [1.807, 2.05) is 0 Å². The molecule has 23 heavy (non-hydrogen) atoms. The number of hydrogen-bond donors (Lipinski definition) is 1. The number of benzene rings is 1. The molecular weight excluding hydrogens is 320 g/mol. The molecule has 0 spiro atoms. The molecule has 0 aliphatic carbocycles. The Balaban J connectivity index is 1.95. The molecule has 1 unspecified atom stereocenters. The molecule has 1 amide bonds. The summed E-state index contributed by atoms with van der Waals surface area (Å²) in [6.45, 7) is 0.611. The third kappa shape index (κ3) is 5.49. The van der Waals surface area contributed by atoms with Gasteiger partial charge >= 0.3 is 0 Å². The van der Waals surface area contributed by atoms with E-state index in [-0.39, 0.29) is 19.2 Å². The minimum Gasteiger partial charge on any atom is -0.497 e. The number of hydrogen-bond acceptors (Lipinski definition) is 5. The van der Waals surface area contributed by atoms with E-state index in [4.69, 9.17) is 9.47 Å². The van der Waals surface area contributed by atoms with Crippen LogP contribution in [0.3, 0.4) is 0 Å². The van der Waals surface area contributed by atoms with Crippen molar-refractivity contribution >= 4 is 21.6 Å². The Bertz CT molecular complexity index is 624. The number of carbonyl (C=O) groups is 1. The summed E-state index contributed by atoms with van der Waals surface area (Å²) in [5, 5.41) is 2.68. The number of nitrogens with zero attached hydrogens (tertiary/aromatic N) is 1. The van der Waals surface area contributed by atoms with Gasteiger partial charge in [-0.2, -0.15) is 4.31 Å². The van der Waals surface area contributed by atoms with Gasteiger partial charge in [0.15, 0.2) is 0 Å². The van der Waals surface area contributed by atoms with Gasteiger partial charge in [-0.3, -0.25) is 4.79 Å². The van der Waals surface area contributed by atoms with Gasteiger partial charge in [-0.15, -0.1) is 0 Å². The number of amides is 1. The zero-order valence-corrected chi connectivity index (χ0v) is 14.1. The topological polar surface area (TPSA) is 84.9 Å². The fraction of sp³-hybridized carbons (Fsp3) is 0.533. The van der Waals surface area contributed by atoms with E-state index in [1.165, 1.54) is 0 Å². The quantitative estimate of drug-likeness (QED) is 0.801. The van der Waals surface area contributed by atoms with Crippen LogP contribution >= 0.6 is 0 Å². The predicted molar refractivity (Wildman–Crippen MR) is 87.0 cm³/mol. The number of ether oxygens (including phenoxy) is 2. The lowest BCUT2D eigenvalue weighted by atomic mass is 10.2. The van der Waals surface area contributed by atoms with Crippen molar-refractivity contribution in [2.24, 2.45) is 0 Å². The highest BCUT2D eigenvalue weighted by molar-refractivity contribution is 7.88. The number of carbonyl (C=O) groups excluding carboxylic acids is 1. The van der Waals surface area contributed by atoms with E-state index < -0.39 is 15.9 Å². The summed E-state index contributed by atoms with van der Waals surface area (Å²) in [7, 11) is -1.92. The van der Waals surface area contributed by atoms with Crippen molar-refractivity contribution in [1.29, 1.82) is 0 Å². The molecule has 1 aromatic rings. The molecule has 128 valence electrons. The first-order valence-corrected chi connectivity index (χ1v) is 9.24. The second-order valence-corrected chi connectivity index (χ2v) is 7.45. The van der Waals surface area contributed by atoms with E-state index >= 15 is 0 Å². The maximum absolute atomic E-state index is 12.1. The molecule has 0 bridgehead atoms. The van der Waals surface area contributed by atoms with E-state index in [2.05, 4.69) is 5.32 Å². The lowest BCUT2D eigenvalue weighted by Crippen LogP contribution is -2.41. The van der Waals surface area contributed by atoms with Crippen LogP contribution in [0.4, 0.5) is 5.69 Å². The molecule has 0 saturated carbocycles. The van der Waals surface area contributed by atoms with E-state index in [0.717, 1.165) is 23.4 Å². The third-order valence-electron chi connectivity index (χ3n) is 3.59. The SMILES string of the molecule is COc1ccc(NC(=O)CN(CC2CCCO2)S(C)(=O)=O)cc1. The molecule has 0 aromatic heterocycles. The van der Waals surface area contributed by atoms with Crippen LogP contribution in [0.1, 0.15) is 12.8 Å². The van der Waals surface area contributed by atoms with Crippen LogP contribution in [-0.4, -0.2) is 57.8 Å². The molecule has 0 radical (unpaired) electrons. The molecule has 1 aliphatic heterocycles. The highest BCUT2D eigenvalue weighted by Crippen LogP contribution is 2.16. The smallest absolute Gasteiger partial charge is 0.239 e. The number of anilines is 1. The van der Waals surface area contributed by atoms with Crippen LogP contribution in [0.25, 0.3) is 0 Å². The van der Waals surface area contributed by atoms with Gasteiger partial charge in [-0.05, 0) is 37.1 Å². The minimum absolute atomic E-state index is 0.140. The minimum atomic E-state index is -3.48. The van der Waals surface area contributed by atoms with Crippen molar-refractivity contribution in [2.45, 2.75) is 18.9 Å². The number of methoxy groups -OCH3 is 1. The van der Waals surface area contributed by atoms with Crippen molar-refractivity contribution in [2.75, 3.05) is 38.4 Å². The maximum atomic E-state index is 12.1. The molecule has 1 fully saturated rings. The molecule has 1 N–H and O–H groups in total. The van der Waals surface area contributed by atoms with Crippen molar-refractivity contribution < 1.29 is 22.7 Å². The monoisotopic (exact) mass is 342 g/mol. The Labute approximate surface area is 136 Å². The van der Waals surface area contributed by atoms with Crippen LogP contribution in [0.5, 0.6) is 5.75 Å². The number of nitrogens with one attached hydrogen (secondary N) is 1. The fourth-order valence-corrected chi connectivity index (χ4v) is 3.16. The lowest BCUT2D eigenvalue weighted by molar-refractivity contribution is -0.116. The average molecular weight is 342 g/mol. The zero-order valence-electron chi connectivity index (χ0n) is 13.3. The Kier molecular flexibility index (Phi) is 5.97. The summed E-state index contributed by atoms with van der Waals surface area (Å²) in [6.07, 6.45) is 2.69. The second-order valence-electron chi connectivity index (χ2n) is 5.47. The molecule has 1 saturated heterocycles. The average Bonchev–Trinajstić information content (AvgIpc) is 2.99. The zero-order chi connectivity index (χ0) is 16.9. The first-order valence-electron chi connectivity index (χ1n) is 7.39. The van der Waals surface area contributed by atoms with Gasteiger partial charge in [0.05, 0.1) is 26.0 Å². The van der Waals surface area contributed by atoms with Gasteiger partial charge in [0.2, 0.25) is 15.9 Å². The first-order chi connectivity index (χ1) is 10.9. The van der Waals surface area contributed by atoms with Crippen molar-refractivity contribution in [3.05, 3.63) is 24.3 Å². The van der Waals surface area contributed by atoms with Crippen LogP contribution in [-0.2, 0) is 19.6 Å². The summed E-state index contributed by atoms with van der Waals surface area (Å²) in [6, 6.07) is 6.83. The highest BCUT2D eigenvalue weighted by Gasteiger charge is 2.26. The van der Waals surface area contributed by atoms with Gasteiger partial charge < -0.3 is 14.8 Å². The molecule has 7 nitrogen and oxygen atoms in total. The van der Waals surface area contributed by atoms with Crippen LogP contribution in [0, 0.1) is 0 Å². The molecule has 1 aromatic carbocycles. The lowest BCUT2D eigenvalue weighted by Gasteiger charge is -2.22. The largest absolute Gasteiger partial charge is 0.497 e. The summed E-state index contributed by atoms with van der Waals surface area (Å²) in [4.78, 5) is 12.1. The van der Waals surface area contributed by atoms with Gasteiger partial charge in [0.25, 0.3) is 0 Å². The highest BCUT2D eigenvalue weighted by atomic mass is 32.2. The number of rotatable bonds is 7. The van der Waals surface area contributed by atoms with Crippen LogP contribution in [0.15, 0.2) is 24.3 Å². The molecule has 2 rings (SSSR count). The Morgan fingerprint density at radius 1 is 1.39 bits per heavy atom. The molecule has 1 atom stereocenters. The molecular formula is C15H22N2O5S. The summed E-state index contributed by atoms with van der Waals surface area (Å²) < 4.78 is 35.4. The maximum Gasteiger partial charge on any atom is 0.239 e. The van der Waals surface area contributed by atoms with Crippen molar-refractivity contribution in [3.8, 4) is 5.75 Å². The van der Waals surface area contributed by atoms with Gasteiger partial charge in [0, 0.05) is 18.8 Å². The normalized spacial score (nSPS) is 18.1. The number of sulfonamides is 1.